The third-order valence-corrected chi connectivity index (χ3v) is 8.70. The second-order valence-electron chi connectivity index (χ2n) is 10.8. The molecule has 3 N–H and O–H groups in total. The quantitative estimate of drug-likeness (QED) is 0.615. The van der Waals surface area contributed by atoms with Crippen molar-refractivity contribution in [1.29, 1.82) is 0 Å². The number of benzene rings is 2. The number of aliphatic hydroxyl groups excluding tert-OH is 1. The molecule has 0 radical (unpaired) electrons. The number of methoxy groups -OCH3 is 1. The van der Waals surface area contributed by atoms with Gasteiger partial charge in [0, 0.05) is 53.0 Å². The molecule has 0 spiro atoms. The molecule has 8 nitrogen and oxygen atoms in total. The van der Waals surface area contributed by atoms with Gasteiger partial charge >= 0.3 is 0 Å². The number of piperazine rings is 1. The van der Waals surface area contributed by atoms with Crippen LogP contribution < -0.4 is 14.2 Å². The van der Waals surface area contributed by atoms with Gasteiger partial charge in [-0.25, -0.2) is 0 Å². The van der Waals surface area contributed by atoms with Crippen LogP contribution in [0.3, 0.4) is 0 Å². The Labute approximate surface area is 205 Å². The van der Waals surface area contributed by atoms with E-state index in [1.807, 2.05) is 13.8 Å². The van der Waals surface area contributed by atoms with Crippen LogP contribution in [0.5, 0.6) is 28.7 Å². The number of aromatic hydroxyl groups is 2. The molecular formula is C27H34N2O6. The molecule has 188 valence electrons. The average molecular weight is 483 g/mol. The van der Waals surface area contributed by atoms with Gasteiger partial charge in [0.05, 0.1) is 13.2 Å². The van der Waals surface area contributed by atoms with Crippen molar-refractivity contribution in [3.63, 3.8) is 0 Å². The largest absolute Gasteiger partial charge is 0.507 e. The van der Waals surface area contributed by atoms with Crippen LogP contribution in [0.1, 0.15) is 58.8 Å². The normalized spacial score (nSPS) is 28.9. The predicted octanol–water partition coefficient (Wildman–Crippen LogP) is 3.10. The first-order chi connectivity index (χ1) is 16.7. The number of rotatable bonds is 3. The van der Waals surface area contributed by atoms with Gasteiger partial charge < -0.3 is 29.5 Å². The SMILES string of the molecule is COc1c(C)cc2c(c1O)[C@H]1C3Cc4c(O)c(C)c5c(c4[C@H](CCO)N3C(C)(C2)CN1C)OCO5. The minimum atomic E-state index is -0.265. The number of nitrogens with zero attached hydrogens (tertiary/aromatic N) is 2. The van der Waals surface area contributed by atoms with Crippen LogP contribution >= 0.6 is 0 Å². The Kier molecular flexibility index (Phi) is 4.98. The molecule has 5 heterocycles. The summed E-state index contributed by atoms with van der Waals surface area (Å²) in [5, 5.41) is 32.9. The highest BCUT2D eigenvalue weighted by Crippen LogP contribution is 2.59. The summed E-state index contributed by atoms with van der Waals surface area (Å²) in [6.45, 7) is 7.05. The summed E-state index contributed by atoms with van der Waals surface area (Å²) in [5.74, 6) is 2.27. The van der Waals surface area contributed by atoms with Crippen LogP contribution in [-0.4, -0.2) is 70.8 Å². The van der Waals surface area contributed by atoms with Crippen LogP contribution in [0.2, 0.25) is 0 Å². The first-order valence-corrected chi connectivity index (χ1v) is 12.3. The van der Waals surface area contributed by atoms with Gasteiger partial charge in [0.25, 0.3) is 0 Å². The molecule has 2 bridgehead atoms. The average Bonchev–Trinajstić information content (AvgIpc) is 3.21. The van der Waals surface area contributed by atoms with E-state index in [-0.39, 0.29) is 48.6 Å². The molecule has 0 amide bonds. The zero-order valence-electron chi connectivity index (χ0n) is 21.0. The highest BCUT2D eigenvalue weighted by atomic mass is 16.7. The number of likely N-dealkylation sites (N-methyl/N-ethyl adjacent to an activating group) is 1. The Bertz CT molecular complexity index is 1230. The van der Waals surface area contributed by atoms with E-state index >= 15 is 0 Å². The molecule has 2 aromatic carbocycles. The van der Waals surface area contributed by atoms with Crippen molar-refractivity contribution in [2.24, 2.45) is 0 Å². The van der Waals surface area contributed by atoms with E-state index in [1.54, 1.807) is 7.11 Å². The van der Waals surface area contributed by atoms with Gasteiger partial charge in [-0.05, 0) is 58.2 Å². The standard InChI is InChI=1S/C27H34N2O6/c1-13-8-15-10-27(3)11-28(4)21(19(15)23(32)24(13)33-5)18-9-16-20(17(6-7-30)29(18)27)26-25(34-12-35-26)14(2)22(16)31/h8,17-18,21,30-32H,6-7,9-12H2,1-5H3/t17-,18?,21+,27?/m0/s1. The summed E-state index contributed by atoms with van der Waals surface area (Å²) in [4.78, 5) is 4.87. The summed E-state index contributed by atoms with van der Waals surface area (Å²) >= 11 is 0. The lowest BCUT2D eigenvalue weighted by molar-refractivity contribution is -0.0942. The third kappa shape index (κ3) is 2.90. The Hall–Kier alpha value is -2.68. The Morgan fingerprint density at radius 3 is 2.60 bits per heavy atom. The number of fused-ring (bicyclic) bond motifs is 4. The summed E-state index contributed by atoms with van der Waals surface area (Å²) in [7, 11) is 3.71. The van der Waals surface area contributed by atoms with Gasteiger partial charge in [-0.1, -0.05) is 6.07 Å². The maximum atomic E-state index is 11.4. The number of hydrogen-bond donors (Lipinski definition) is 3. The van der Waals surface area contributed by atoms with Crippen LogP contribution in [0.25, 0.3) is 0 Å². The van der Waals surface area contributed by atoms with Crippen LogP contribution in [0.15, 0.2) is 6.07 Å². The van der Waals surface area contributed by atoms with Gasteiger partial charge in [-0.15, -0.1) is 0 Å². The molecule has 5 aliphatic rings. The number of aryl methyl sites for hydroxylation is 1. The minimum Gasteiger partial charge on any atom is -0.507 e. The van der Waals surface area contributed by atoms with Crippen molar-refractivity contribution in [2.75, 3.05) is 34.1 Å². The van der Waals surface area contributed by atoms with E-state index in [2.05, 4.69) is 29.8 Å². The van der Waals surface area contributed by atoms with E-state index in [1.165, 1.54) is 0 Å². The summed E-state index contributed by atoms with van der Waals surface area (Å²) in [6.07, 6.45) is 1.87. The number of phenolic OH excluding ortho intramolecular Hbond substituents is 2. The van der Waals surface area contributed by atoms with Gasteiger partial charge in [-0.3, -0.25) is 9.80 Å². The van der Waals surface area contributed by atoms with E-state index in [9.17, 15) is 15.3 Å². The van der Waals surface area contributed by atoms with Crippen LogP contribution in [-0.2, 0) is 12.8 Å². The van der Waals surface area contributed by atoms with Gasteiger partial charge in [0.15, 0.2) is 23.0 Å². The highest BCUT2D eigenvalue weighted by molar-refractivity contribution is 5.66. The van der Waals surface area contributed by atoms with Gasteiger partial charge in [0.2, 0.25) is 6.79 Å². The summed E-state index contributed by atoms with van der Waals surface area (Å²) in [5.41, 5.74) is 5.17. The van der Waals surface area contributed by atoms with Crippen molar-refractivity contribution >= 4 is 0 Å². The molecule has 0 saturated carbocycles. The zero-order chi connectivity index (χ0) is 24.8. The lowest BCUT2D eigenvalue weighted by Crippen LogP contribution is -2.67. The lowest BCUT2D eigenvalue weighted by atomic mass is 9.76. The van der Waals surface area contributed by atoms with E-state index < -0.39 is 0 Å². The fourth-order valence-electron chi connectivity index (χ4n) is 7.62. The second kappa shape index (κ2) is 7.66. The molecule has 0 aliphatic carbocycles. The zero-order valence-corrected chi connectivity index (χ0v) is 21.0. The number of hydrogen-bond acceptors (Lipinski definition) is 8. The smallest absolute Gasteiger partial charge is 0.231 e. The van der Waals surface area contributed by atoms with E-state index in [0.717, 1.165) is 40.8 Å². The molecule has 1 saturated heterocycles. The summed E-state index contributed by atoms with van der Waals surface area (Å²) < 4.78 is 17.3. The molecule has 4 atom stereocenters. The molecule has 7 rings (SSSR count). The van der Waals surface area contributed by atoms with Crippen molar-refractivity contribution in [3.8, 4) is 28.7 Å². The highest BCUT2D eigenvalue weighted by Gasteiger charge is 2.57. The second-order valence-corrected chi connectivity index (χ2v) is 10.8. The molecular weight excluding hydrogens is 448 g/mol. The fraction of sp³-hybridized carbons (Fsp3) is 0.556. The van der Waals surface area contributed by atoms with Crippen LogP contribution in [0.4, 0.5) is 0 Å². The van der Waals surface area contributed by atoms with Crippen molar-refractivity contribution in [3.05, 3.63) is 39.4 Å². The first-order valence-electron chi connectivity index (χ1n) is 12.3. The maximum Gasteiger partial charge on any atom is 0.231 e. The van der Waals surface area contributed by atoms with Crippen molar-refractivity contribution < 1.29 is 29.5 Å². The first kappa shape index (κ1) is 22.8. The minimum absolute atomic E-state index is 0.0132. The third-order valence-electron chi connectivity index (χ3n) is 8.70. The van der Waals surface area contributed by atoms with Gasteiger partial charge in [-0.2, -0.15) is 0 Å². The number of phenols is 2. The molecule has 8 heteroatoms. The predicted molar refractivity (Wildman–Crippen MR) is 130 cm³/mol. The molecule has 2 unspecified atom stereocenters. The topological polar surface area (TPSA) is 94.9 Å². The molecule has 2 aromatic rings. The van der Waals surface area contributed by atoms with E-state index in [4.69, 9.17) is 14.2 Å². The Balaban J connectivity index is 1.62. The van der Waals surface area contributed by atoms with Gasteiger partial charge in [0.1, 0.15) is 5.75 Å². The monoisotopic (exact) mass is 482 g/mol. The lowest BCUT2D eigenvalue weighted by Gasteiger charge is -2.59. The van der Waals surface area contributed by atoms with Crippen molar-refractivity contribution in [2.45, 2.75) is 63.7 Å². The molecule has 35 heavy (non-hydrogen) atoms. The Morgan fingerprint density at radius 2 is 1.89 bits per heavy atom. The van der Waals surface area contributed by atoms with E-state index in [0.29, 0.717) is 35.7 Å². The fourth-order valence-corrected chi connectivity index (χ4v) is 7.62. The molecule has 5 aliphatic heterocycles. The van der Waals surface area contributed by atoms with Crippen LogP contribution in [0, 0.1) is 13.8 Å². The number of ether oxygens (including phenoxy) is 3. The maximum absolute atomic E-state index is 11.4. The summed E-state index contributed by atoms with van der Waals surface area (Å²) in [6, 6.07) is 1.88. The molecule has 0 aromatic heterocycles. The molecule has 1 fully saturated rings. The van der Waals surface area contributed by atoms with Crippen molar-refractivity contribution in [1.82, 2.24) is 9.80 Å². The Morgan fingerprint density at radius 1 is 1.14 bits per heavy atom. The number of aliphatic hydroxyl groups is 1.